The lowest BCUT2D eigenvalue weighted by Crippen LogP contribution is -2.06. The van der Waals surface area contributed by atoms with Gasteiger partial charge in [-0.2, -0.15) is 0 Å². The number of thiophene rings is 2. The molecule has 0 atom stereocenters. The number of rotatable bonds is 6. The first-order chi connectivity index (χ1) is 13.3. The fraction of sp³-hybridized carbons (Fsp3) is 0.0476. The average Bonchev–Trinajstić information content (AvgIpc) is 3.47. The Morgan fingerprint density at radius 1 is 1.04 bits per heavy atom. The fourth-order valence-corrected chi connectivity index (χ4v) is 3.90. The second-order valence-electron chi connectivity index (χ2n) is 5.68. The normalized spacial score (nSPS) is 11.5. The molecule has 0 fully saturated rings. The van der Waals surface area contributed by atoms with Crippen molar-refractivity contribution in [2.24, 2.45) is 0 Å². The highest BCUT2D eigenvalue weighted by molar-refractivity contribution is 7.12. The third-order valence-corrected chi connectivity index (χ3v) is 5.53. The van der Waals surface area contributed by atoms with E-state index in [4.69, 9.17) is 9.26 Å². The minimum Gasteiger partial charge on any atom is -0.455 e. The van der Waals surface area contributed by atoms with Gasteiger partial charge in [0.1, 0.15) is 12.3 Å². The van der Waals surface area contributed by atoms with E-state index in [9.17, 15) is 4.79 Å². The Labute approximate surface area is 164 Å². The number of hydrogen-bond donors (Lipinski definition) is 0. The van der Waals surface area contributed by atoms with Gasteiger partial charge in [0.25, 0.3) is 0 Å². The molecule has 4 nitrogen and oxygen atoms in total. The number of benzene rings is 1. The topological polar surface area (TPSA) is 52.3 Å². The van der Waals surface area contributed by atoms with Crippen LogP contribution in [0.1, 0.15) is 15.4 Å². The van der Waals surface area contributed by atoms with Crippen LogP contribution in [-0.2, 0) is 16.1 Å². The number of carbonyl (C=O) groups excluding carboxylic acids is 1. The van der Waals surface area contributed by atoms with E-state index in [2.05, 4.69) is 5.16 Å². The lowest BCUT2D eigenvalue weighted by atomic mass is 10.2. The summed E-state index contributed by atoms with van der Waals surface area (Å²) in [6.07, 6.45) is 1.86. The van der Waals surface area contributed by atoms with E-state index in [-0.39, 0.29) is 12.6 Å². The largest absolute Gasteiger partial charge is 0.455 e. The van der Waals surface area contributed by atoms with E-state index in [0.717, 1.165) is 15.3 Å². The van der Waals surface area contributed by atoms with Crippen LogP contribution in [-0.4, -0.2) is 11.1 Å². The predicted molar refractivity (Wildman–Crippen MR) is 108 cm³/mol. The SMILES string of the molecule is O=C(OCc1cc(-c2ccccc2)on1)/C(=C/c1cccs1)c1cccs1. The Hall–Kier alpha value is -2.96. The molecule has 3 aromatic heterocycles. The fourth-order valence-electron chi connectivity index (χ4n) is 2.51. The van der Waals surface area contributed by atoms with Crippen molar-refractivity contribution in [2.45, 2.75) is 6.61 Å². The van der Waals surface area contributed by atoms with E-state index in [1.54, 1.807) is 17.4 Å². The summed E-state index contributed by atoms with van der Waals surface area (Å²) >= 11 is 3.08. The van der Waals surface area contributed by atoms with Gasteiger partial charge in [-0.25, -0.2) is 4.79 Å². The summed E-state index contributed by atoms with van der Waals surface area (Å²) < 4.78 is 10.8. The minimum atomic E-state index is -0.380. The van der Waals surface area contributed by atoms with Crippen LogP contribution in [0.2, 0.25) is 0 Å². The minimum absolute atomic E-state index is 0.0579. The quantitative estimate of drug-likeness (QED) is 0.309. The summed E-state index contributed by atoms with van der Waals surface area (Å²) in [6.45, 7) is 0.0579. The molecule has 0 spiro atoms. The molecular weight excluding hydrogens is 378 g/mol. The van der Waals surface area contributed by atoms with Crippen molar-refractivity contribution in [3.8, 4) is 11.3 Å². The molecule has 1 aromatic carbocycles. The van der Waals surface area contributed by atoms with Gasteiger partial charge >= 0.3 is 5.97 Å². The molecular formula is C21H15NO3S2. The van der Waals surface area contributed by atoms with Gasteiger partial charge in [0.05, 0.1) is 5.57 Å². The van der Waals surface area contributed by atoms with Crippen molar-refractivity contribution >= 4 is 40.3 Å². The summed E-state index contributed by atoms with van der Waals surface area (Å²) in [7, 11) is 0. The monoisotopic (exact) mass is 393 g/mol. The molecule has 4 aromatic rings. The van der Waals surface area contributed by atoms with E-state index >= 15 is 0 Å². The van der Waals surface area contributed by atoms with E-state index < -0.39 is 0 Å². The molecule has 4 rings (SSSR count). The molecule has 0 saturated heterocycles. The number of nitrogens with zero attached hydrogens (tertiary/aromatic N) is 1. The highest BCUT2D eigenvalue weighted by Crippen LogP contribution is 2.26. The molecule has 3 heterocycles. The Bertz CT molecular complexity index is 1030. The van der Waals surface area contributed by atoms with Crippen molar-refractivity contribution in [3.63, 3.8) is 0 Å². The zero-order valence-corrected chi connectivity index (χ0v) is 15.8. The zero-order chi connectivity index (χ0) is 18.5. The van der Waals surface area contributed by atoms with Crippen LogP contribution in [0.15, 0.2) is 75.9 Å². The van der Waals surface area contributed by atoms with E-state index in [1.807, 2.05) is 71.4 Å². The van der Waals surface area contributed by atoms with E-state index in [0.29, 0.717) is 17.0 Å². The van der Waals surface area contributed by atoms with Crippen LogP contribution >= 0.6 is 22.7 Å². The summed E-state index contributed by atoms with van der Waals surface area (Å²) in [6, 6.07) is 19.2. The van der Waals surface area contributed by atoms with Crippen molar-refractivity contribution in [2.75, 3.05) is 0 Å². The molecule has 134 valence electrons. The average molecular weight is 393 g/mol. The molecule has 0 aliphatic rings. The maximum atomic E-state index is 12.7. The van der Waals surface area contributed by atoms with Crippen LogP contribution in [0.25, 0.3) is 23.0 Å². The van der Waals surface area contributed by atoms with E-state index in [1.165, 1.54) is 11.3 Å². The van der Waals surface area contributed by atoms with Crippen LogP contribution in [0.3, 0.4) is 0 Å². The highest BCUT2D eigenvalue weighted by Gasteiger charge is 2.16. The summed E-state index contributed by atoms with van der Waals surface area (Å²) in [4.78, 5) is 14.6. The second kappa shape index (κ2) is 8.16. The summed E-state index contributed by atoms with van der Waals surface area (Å²) in [5, 5.41) is 7.91. The summed E-state index contributed by atoms with van der Waals surface area (Å²) in [5.41, 5.74) is 2.04. The van der Waals surface area contributed by atoms with Gasteiger partial charge in [0.15, 0.2) is 5.76 Å². The second-order valence-corrected chi connectivity index (χ2v) is 7.60. The molecule has 0 amide bonds. The van der Waals surface area contributed by atoms with Crippen molar-refractivity contribution in [1.29, 1.82) is 0 Å². The lowest BCUT2D eigenvalue weighted by Gasteiger charge is -2.05. The van der Waals surface area contributed by atoms with Crippen LogP contribution in [0.5, 0.6) is 0 Å². The molecule has 0 aliphatic carbocycles. The van der Waals surface area contributed by atoms with Crippen LogP contribution in [0.4, 0.5) is 0 Å². The van der Waals surface area contributed by atoms with Crippen molar-refractivity contribution in [3.05, 3.63) is 86.9 Å². The molecule has 0 bridgehead atoms. The van der Waals surface area contributed by atoms with Crippen LogP contribution in [0, 0.1) is 0 Å². The first kappa shape index (κ1) is 17.5. The lowest BCUT2D eigenvalue weighted by molar-refractivity contribution is -0.137. The van der Waals surface area contributed by atoms with Gasteiger partial charge in [-0.3, -0.25) is 0 Å². The molecule has 0 saturated carbocycles. The maximum Gasteiger partial charge on any atom is 0.340 e. The molecule has 6 heteroatoms. The third-order valence-electron chi connectivity index (χ3n) is 3.80. The van der Waals surface area contributed by atoms with Gasteiger partial charge in [-0.05, 0) is 29.0 Å². The van der Waals surface area contributed by atoms with Gasteiger partial charge in [0.2, 0.25) is 0 Å². The molecule has 0 radical (unpaired) electrons. The van der Waals surface area contributed by atoms with Crippen molar-refractivity contribution < 1.29 is 14.1 Å². The maximum absolute atomic E-state index is 12.7. The smallest absolute Gasteiger partial charge is 0.340 e. The molecule has 0 unspecified atom stereocenters. The van der Waals surface area contributed by atoms with Crippen LogP contribution < -0.4 is 0 Å². The first-order valence-electron chi connectivity index (χ1n) is 8.27. The Balaban J connectivity index is 1.48. The zero-order valence-electron chi connectivity index (χ0n) is 14.2. The molecule has 0 aliphatic heterocycles. The van der Waals surface area contributed by atoms with Gasteiger partial charge in [-0.1, -0.05) is 47.6 Å². The van der Waals surface area contributed by atoms with Gasteiger partial charge in [-0.15, -0.1) is 22.7 Å². The van der Waals surface area contributed by atoms with Crippen molar-refractivity contribution in [1.82, 2.24) is 5.16 Å². The number of carbonyl (C=O) groups is 1. The summed E-state index contributed by atoms with van der Waals surface area (Å²) in [5.74, 6) is 0.268. The number of hydrogen-bond acceptors (Lipinski definition) is 6. The van der Waals surface area contributed by atoms with Gasteiger partial charge < -0.3 is 9.26 Å². The Kier molecular flexibility index (Phi) is 5.27. The first-order valence-corrected chi connectivity index (χ1v) is 10.0. The number of aromatic nitrogens is 1. The highest BCUT2D eigenvalue weighted by atomic mass is 32.1. The van der Waals surface area contributed by atoms with Gasteiger partial charge in [0, 0.05) is 21.4 Å². The standard InChI is InChI=1S/C21H15NO3S2/c23-21(18(20-9-5-11-27-20)13-17-8-4-10-26-17)24-14-16-12-19(25-22-16)15-6-2-1-3-7-15/h1-13H,14H2/b18-13+. The molecule has 27 heavy (non-hydrogen) atoms. The number of ether oxygens (including phenoxy) is 1. The third kappa shape index (κ3) is 4.24. The molecule has 0 N–H and O–H groups in total. The Morgan fingerprint density at radius 2 is 1.85 bits per heavy atom. The Morgan fingerprint density at radius 3 is 2.59 bits per heavy atom. The number of esters is 1. The predicted octanol–water partition coefficient (Wildman–Crippen LogP) is 5.75.